The molecular weight excluding hydrogens is 300 g/mol. The van der Waals surface area contributed by atoms with Crippen LogP contribution in [0.1, 0.15) is 23.8 Å². The second-order valence-electron chi connectivity index (χ2n) is 4.63. The van der Waals surface area contributed by atoms with Crippen molar-refractivity contribution in [3.8, 4) is 0 Å². The zero-order valence-electron chi connectivity index (χ0n) is 11.2. The Morgan fingerprint density at radius 1 is 1.47 bits per heavy atom. The van der Waals surface area contributed by atoms with Crippen LogP contribution < -0.4 is 10.0 Å². The van der Waals surface area contributed by atoms with Crippen LogP contribution in [0.2, 0.25) is 0 Å². The van der Waals surface area contributed by atoms with E-state index < -0.39 is 10.0 Å². The molecule has 1 saturated heterocycles. The summed E-state index contributed by atoms with van der Waals surface area (Å²) in [5, 5.41) is 3.24. The summed E-state index contributed by atoms with van der Waals surface area (Å²) in [7, 11) is -3.34. The first kappa shape index (κ1) is 15.3. The van der Waals surface area contributed by atoms with Gasteiger partial charge in [0.05, 0.1) is 0 Å². The SMILES string of the molecule is CCNCc1sc(S(=O)(=O)NC2CCSC2)cc1C. The Morgan fingerprint density at radius 2 is 2.26 bits per heavy atom. The first-order valence-electron chi connectivity index (χ1n) is 6.43. The summed E-state index contributed by atoms with van der Waals surface area (Å²) in [5.74, 6) is 1.93. The van der Waals surface area contributed by atoms with Crippen molar-refractivity contribution < 1.29 is 8.42 Å². The van der Waals surface area contributed by atoms with Crippen LogP contribution in [0.3, 0.4) is 0 Å². The third-order valence-corrected chi connectivity index (χ3v) is 7.44. The van der Waals surface area contributed by atoms with Crippen LogP contribution in [-0.2, 0) is 16.6 Å². The minimum Gasteiger partial charge on any atom is -0.312 e. The first-order chi connectivity index (χ1) is 9.03. The lowest BCUT2D eigenvalue weighted by atomic mass is 10.3. The molecule has 0 spiro atoms. The van der Waals surface area contributed by atoms with E-state index in [1.165, 1.54) is 11.3 Å². The predicted octanol–water partition coefficient (Wildman–Crippen LogP) is 1.95. The summed E-state index contributed by atoms with van der Waals surface area (Å²) in [6.07, 6.45) is 0.929. The molecule has 2 heterocycles. The lowest BCUT2D eigenvalue weighted by molar-refractivity contribution is 0.565. The molecule has 0 aliphatic carbocycles. The normalized spacial score (nSPS) is 20.0. The Hall–Kier alpha value is -0.0800. The van der Waals surface area contributed by atoms with E-state index in [0.717, 1.165) is 41.5 Å². The molecule has 0 bridgehead atoms. The van der Waals surface area contributed by atoms with Crippen LogP contribution in [0.4, 0.5) is 0 Å². The highest BCUT2D eigenvalue weighted by atomic mass is 32.2. The fraction of sp³-hybridized carbons (Fsp3) is 0.667. The molecular formula is C12H20N2O2S3. The van der Waals surface area contributed by atoms with Gasteiger partial charge in [0.2, 0.25) is 10.0 Å². The highest BCUT2D eigenvalue weighted by molar-refractivity contribution is 7.99. The van der Waals surface area contributed by atoms with Gasteiger partial charge in [-0.3, -0.25) is 0 Å². The number of sulfonamides is 1. The highest BCUT2D eigenvalue weighted by Crippen LogP contribution is 2.27. The molecule has 1 aromatic heterocycles. The molecule has 7 heteroatoms. The van der Waals surface area contributed by atoms with E-state index in [1.807, 2.05) is 13.8 Å². The van der Waals surface area contributed by atoms with Crippen molar-refractivity contribution >= 4 is 33.1 Å². The molecule has 2 rings (SSSR count). The van der Waals surface area contributed by atoms with Crippen molar-refractivity contribution in [1.29, 1.82) is 0 Å². The minimum atomic E-state index is -3.34. The Morgan fingerprint density at radius 3 is 2.89 bits per heavy atom. The topological polar surface area (TPSA) is 58.2 Å². The van der Waals surface area contributed by atoms with Gasteiger partial charge in [0.1, 0.15) is 4.21 Å². The summed E-state index contributed by atoms with van der Waals surface area (Å²) >= 11 is 3.17. The second kappa shape index (κ2) is 6.58. The van der Waals surface area contributed by atoms with Gasteiger partial charge in [0.15, 0.2) is 0 Å². The van der Waals surface area contributed by atoms with E-state index in [4.69, 9.17) is 0 Å². The number of aryl methyl sites for hydroxylation is 1. The van der Waals surface area contributed by atoms with E-state index in [0.29, 0.717) is 4.21 Å². The van der Waals surface area contributed by atoms with Gasteiger partial charge in [0.25, 0.3) is 0 Å². The van der Waals surface area contributed by atoms with E-state index in [-0.39, 0.29) is 6.04 Å². The predicted molar refractivity (Wildman–Crippen MR) is 82.5 cm³/mol. The van der Waals surface area contributed by atoms with Crippen molar-refractivity contribution in [2.24, 2.45) is 0 Å². The molecule has 1 fully saturated rings. The molecule has 108 valence electrons. The standard InChI is InChI=1S/C12H20N2O2S3/c1-3-13-7-11-9(2)6-12(18-11)19(15,16)14-10-4-5-17-8-10/h6,10,13-14H,3-5,7-8H2,1-2H3. The molecule has 0 saturated carbocycles. The van der Waals surface area contributed by atoms with Gasteiger partial charge in [-0.25, -0.2) is 13.1 Å². The monoisotopic (exact) mass is 320 g/mol. The lowest BCUT2D eigenvalue weighted by Gasteiger charge is -2.10. The largest absolute Gasteiger partial charge is 0.312 e. The van der Waals surface area contributed by atoms with Crippen molar-refractivity contribution in [3.05, 3.63) is 16.5 Å². The smallest absolute Gasteiger partial charge is 0.250 e. The van der Waals surface area contributed by atoms with Gasteiger partial charge in [0, 0.05) is 23.2 Å². The number of rotatable bonds is 6. The third-order valence-electron chi connectivity index (χ3n) is 3.05. The molecule has 0 amide bonds. The molecule has 0 aromatic carbocycles. The average molecular weight is 321 g/mol. The van der Waals surface area contributed by atoms with Crippen LogP contribution >= 0.6 is 23.1 Å². The molecule has 0 radical (unpaired) electrons. The van der Waals surface area contributed by atoms with Gasteiger partial charge in [-0.1, -0.05) is 6.92 Å². The summed E-state index contributed by atoms with van der Waals surface area (Å²) in [5.41, 5.74) is 1.05. The summed E-state index contributed by atoms with van der Waals surface area (Å²) < 4.78 is 27.8. The summed E-state index contributed by atoms with van der Waals surface area (Å²) in [6.45, 7) is 5.63. The Labute approximate surface area is 123 Å². The molecule has 1 atom stereocenters. The molecule has 1 aliphatic rings. The number of thiophene rings is 1. The van der Waals surface area contributed by atoms with E-state index in [2.05, 4.69) is 10.0 Å². The van der Waals surface area contributed by atoms with Gasteiger partial charge in [-0.2, -0.15) is 11.8 Å². The molecule has 1 aromatic rings. The van der Waals surface area contributed by atoms with Crippen LogP contribution in [0, 0.1) is 6.92 Å². The van der Waals surface area contributed by atoms with Crippen LogP contribution in [0.15, 0.2) is 10.3 Å². The number of thioether (sulfide) groups is 1. The summed E-state index contributed by atoms with van der Waals surface area (Å²) in [4.78, 5) is 1.10. The van der Waals surface area contributed by atoms with Crippen molar-refractivity contribution in [1.82, 2.24) is 10.0 Å². The van der Waals surface area contributed by atoms with Gasteiger partial charge < -0.3 is 5.32 Å². The third kappa shape index (κ3) is 3.95. The molecule has 2 N–H and O–H groups in total. The Bertz CT molecular complexity index is 519. The van der Waals surface area contributed by atoms with Crippen molar-refractivity contribution in [2.45, 2.75) is 37.1 Å². The van der Waals surface area contributed by atoms with Crippen LogP contribution in [-0.4, -0.2) is 32.5 Å². The zero-order chi connectivity index (χ0) is 13.9. The lowest BCUT2D eigenvalue weighted by Crippen LogP contribution is -2.34. The minimum absolute atomic E-state index is 0.0922. The van der Waals surface area contributed by atoms with Gasteiger partial charge in [-0.15, -0.1) is 11.3 Å². The first-order valence-corrected chi connectivity index (χ1v) is 9.88. The number of nitrogens with one attached hydrogen (secondary N) is 2. The maximum absolute atomic E-state index is 12.3. The Kier molecular flexibility index (Phi) is 5.30. The second-order valence-corrected chi connectivity index (χ2v) is 8.86. The van der Waals surface area contributed by atoms with Crippen LogP contribution in [0.5, 0.6) is 0 Å². The summed E-state index contributed by atoms with van der Waals surface area (Å²) in [6, 6.07) is 1.87. The Balaban J connectivity index is 2.11. The molecule has 1 unspecified atom stereocenters. The van der Waals surface area contributed by atoms with E-state index in [9.17, 15) is 8.42 Å². The van der Waals surface area contributed by atoms with Crippen LogP contribution in [0.25, 0.3) is 0 Å². The number of hydrogen-bond donors (Lipinski definition) is 2. The average Bonchev–Trinajstić information content (AvgIpc) is 2.96. The fourth-order valence-corrected chi connectivity index (χ4v) is 6.04. The van der Waals surface area contributed by atoms with E-state index >= 15 is 0 Å². The van der Waals surface area contributed by atoms with Gasteiger partial charge >= 0.3 is 0 Å². The zero-order valence-corrected chi connectivity index (χ0v) is 13.7. The molecule has 1 aliphatic heterocycles. The maximum Gasteiger partial charge on any atom is 0.250 e. The quantitative estimate of drug-likeness (QED) is 0.841. The molecule has 19 heavy (non-hydrogen) atoms. The fourth-order valence-electron chi connectivity index (χ4n) is 1.94. The van der Waals surface area contributed by atoms with Crippen molar-refractivity contribution in [3.63, 3.8) is 0 Å². The maximum atomic E-state index is 12.3. The van der Waals surface area contributed by atoms with Gasteiger partial charge in [-0.05, 0) is 37.3 Å². The molecule has 4 nitrogen and oxygen atoms in total. The van der Waals surface area contributed by atoms with E-state index in [1.54, 1.807) is 17.8 Å². The van der Waals surface area contributed by atoms with Crippen molar-refractivity contribution in [2.75, 3.05) is 18.1 Å². The number of hydrogen-bond acceptors (Lipinski definition) is 5. The highest BCUT2D eigenvalue weighted by Gasteiger charge is 2.25.